The van der Waals surface area contributed by atoms with E-state index in [0.29, 0.717) is 18.4 Å². The van der Waals surface area contributed by atoms with Crippen LogP contribution in [-0.4, -0.2) is 28.8 Å². The average molecular weight is 295 g/mol. The fourth-order valence-electron chi connectivity index (χ4n) is 2.84. The average Bonchev–Trinajstić information content (AvgIpc) is 2.94. The Morgan fingerprint density at radius 1 is 1.48 bits per heavy atom. The second-order valence-electron chi connectivity index (χ2n) is 5.96. The van der Waals surface area contributed by atoms with E-state index in [2.05, 4.69) is 29.3 Å². The highest BCUT2D eigenvalue weighted by molar-refractivity contribution is 5.80. The van der Waals surface area contributed by atoms with Crippen molar-refractivity contribution in [1.82, 2.24) is 15.5 Å². The number of ether oxygens (including phenoxy) is 1. The predicted octanol–water partition coefficient (Wildman–Crippen LogP) is 2.23. The van der Waals surface area contributed by atoms with Crippen molar-refractivity contribution in [3.05, 3.63) is 11.7 Å². The largest absolute Gasteiger partial charge is 0.468 e. The van der Waals surface area contributed by atoms with E-state index in [9.17, 15) is 4.79 Å². The van der Waals surface area contributed by atoms with Gasteiger partial charge in [0.1, 0.15) is 5.54 Å². The van der Waals surface area contributed by atoms with Crippen molar-refractivity contribution in [1.29, 1.82) is 0 Å². The number of nitrogens with zero attached hydrogens (tertiary/aromatic N) is 2. The van der Waals surface area contributed by atoms with E-state index in [4.69, 9.17) is 9.26 Å². The van der Waals surface area contributed by atoms with Gasteiger partial charge >= 0.3 is 5.97 Å². The molecule has 1 saturated carbocycles. The lowest BCUT2D eigenvalue weighted by Crippen LogP contribution is -2.54. The molecule has 0 radical (unpaired) electrons. The molecule has 0 aromatic carbocycles. The summed E-state index contributed by atoms with van der Waals surface area (Å²) in [6, 6.07) is 0. The zero-order valence-electron chi connectivity index (χ0n) is 13.1. The van der Waals surface area contributed by atoms with Crippen molar-refractivity contribution in [2.24, 2.45) is 5.92 Å². The third kappa shape index (κ3) is 3.81. The molecule has 6 heteroatoms. The van der Waals surface area contributed by atoms with Gasteiger partial charge in [0.25, 0.3) is 0 Å². The highest BCUT2D eigenvalue weighted by Gasteiger charge is 2.42. The summed E-state index contributed by atoms with van der Waals surface area (Å²) in [6.07, 6.45) is 5.41. The lowest BCUT2D eigenvalue weighted by Gasteiger charge is -2.37. The van der Waals surface area contributed by atoms with Crippen molar-refractivity contribution >= 4 is 5.97 Å². The molecule has 0 amide bonds. The van der Waals surface area contributed by atoms with Gasteiger partial charge in [0.05, 0.1) is 13.7 Å². The van der Waals surface area contributed by atoms with Crippen molar-refractivity contribution in [2.75, 3.05) is 7.11 Å². The van der Waals surface area contributed by atoms with Crippen LogP contribution in [0.5, 0.6) is 0 Å². The molecule has 2 rings (SSSR count). The summed E-state index contributed by atoms with van der Waals surface area (Å²) >= 11 is 0. The molecule has 1 N–H and O–H groups in total. The second-order valence-corrected chi connectivity index (χ2v) is 5.96. The quantitative estimate of drug-likeness (QED) is 0.811. The van der Waals surface area contributed by atoms with Crippen LogP contribution in [0.1, 0.15) is 57.7 Å². The van der Waals surface area contributed by atoms with Crippen LogP contribution in [0.3, 0.4) is 0 Å². The molecule has 1 aliphatic carbocycles. The topological polar surface area (TPSA) is 77.2 Å². The summed E-state index contributed by atoms with van der Waals surface area (Å²) in [5, 5.41) is 7.23. The summed E-state index contributed by atoms with van der Waals surface area (Å²) in [7, 11) is 1.44. The summed E-state index contributed by atoms with van der Waals surface area (Å²) in [4.78, 5) is 16.5. The van der Waals surface area contributed by atoms with E-state index in [-0.39, 0.29) is 5.97 Å². The molecule has 0 atom stereocenters. The van der Waals surface area contributed by atoms with Gasteiger partial charge in [-0.25, -0.2) is 0 Å². The molecule has 0 spiro atoms. The van der Waals surface area contributed by atoms with Crippen molar-refractivity contribution < 1.29 is 14.1 Å². The monoisotopic (exact) mass is 295 g/mol. The maximum absolute atomic E-state index is 12.2. The van der Waals surface area contributed by atoms with Crippen LogP contribution in [0.25, 0.3) is 0 Å². The van der Waals surface area contributed by atoms with Gasteiger partial charge in [-0.2, -0.15) is 4.98 Å². The Morgan fingerprint density at radius 3 is 2.81 bits per heavy atom. The normalized spacial score (nSPS) is 25.8. The number of methoxy groups -OCH3 is 1. The van der Waals surface area contributed by atoms with Crippen molar-refractivity contribution in [2.45, 2.75) is 64.5 Å². The molecule has 0 aliphatic heterocycles. The molecule has 1 aliphatic rings. The number of carbonyl (C=O) groups is 1. The van der Waals surface area contributed by atoms with Gasteiger partial charge in [0, 0.05) is 6.42 Å². The Labute approximate surface area is 125 Å². The molecule has 6 nitrogen and oxygen atoms in total. The van der Waals surface area contributed by atoms with Crippen LogP contribution in [-0.2, 0) is 22.5 Å². The van der Waals surface area contributed by atoms with Gasteiger partial charge in [-0.3, -0.25) is 10.1 Å². The lowest BCUT2D eigenvalue weighted by molar-refractivity contribution is -0.150. The fraction of sp³-hybridized carbons (Fsp3) is 0.800. The molecule has 0 unspecified atom stereocenters. The summed E-state index contributed by atoms with van der Waals surface area (Å²) in [6.45, 7) is 4.69. The predicted molar refractivity (Wildman–Crippen MR) is 77.5 cm³/mol. The van der Waals surface area contributed by atoms with E-state index >= 15 is 0 Å². The fourth-order valence-corrected chi connectivity index (χ4v) is 2.84. The zero-order valence-corrected chi connectivity index (χ0v) is 13.1. The standard InChI is InChI=1S/C15H25N3O3/c1-4-5-12-17-13(21-18-12)10-16-15(14(19)20-3)8-6-11(2)7-9-15/h11,16H,4-10H2,1-3H3. The highest BCUT2D eigenvalue weighted by Crippen LogP contribution is 2.33. The Morgan fingerprint density at radius 2 is 2.19 bits per heavy atom. The number of hydrogen-bond acceptors (Lipinski definition) is 6. The molecule has 0 saturated heterocycles. The molecular formula is C15H25N3O3. The van der Waals surface area contributed by atoms with Crippen molar-refractivity contribution in [3.8, 4) is 0 Å². The van der Waals surface area contributed by atoms with Crippen LogP contribution in [0.2, 0.25) is 0 Å². The second kappa shape index (κ2) is 7.02. The van der Waals surface area contributed by atoms with E-state index in [1.54, 1.807) is 0 Å². The van der Waals surface area contributed by atoms with Crippen LogP contribution in [0.15, 0.2) is 4.52 Å². The lowest BCUT2D eigenvalue weighted by atomic mass is 9.77. The maximum Gasteiger partial charge on any atom is 0.326 e. The van der Waals surface area contributed by atoms with Gasteiger partial charge in [-0.15, -0.1) is 0 Å². The molecule has 1 heterocycles. The minimum atomic E-state index is -0.610. The third-order valence-electron chi connectivity index (χ3n) is 4.27. The number of aryl methyl sites for hydroxylation is 1. The first kappa shape index (κ1) is 15.9. The number of carbonyl (C=O) groups excluding carboxylic acids is 1. The van der Waals surface area contributed by atoms with Gasteiger partial charge in [0.2, 0.25) is 5.89 Å². The van der Waals surface area contributed by atoms with Gasteiger partial charge in [-0.05, 0) is 38.0 Å². The van der Waals surface area contributed by atoms with Crippen LogP contribution < -0.4 is 5.32 Å². The Kier molecular flexibility index (Phi) is 5.33. The number of rotatable bonds is 6. The SMILES string of the molecule is CCCc1noc(CNC2(C(=O)OC)CCC(C)CC2)n1. The Bertz CT molecular complexity index is 464. The van der Waals surface area contributed by atoms with Crippen LogP contribution in [0, 0.1) is 5.92 Å². The molecule has 118 valence electrons. The first-order valence-electron chi connectivity index (χ1n) is 7.74. The minimum Gasteiger partial charge on any atom is -0.468 e. The van der Waals surface area contributed by atoms with E-state index in [1.807, 2.05) is 0 Å². The summed E-state index contributed by atoms with van der Waals surface area (Å²) < 4.78 is 10.2. The molecule has 0 bridgehead atoms. The van der Waals surface area contributed by atoms with Gasteiger partial charge in [-0.1, -0.05) is 19.0 Å². The first-order valence-corrected chi connectivity index (χ1v) is 7.74. The van der Waals surface area contributed by atoms with Crippen LogP contribution in [0.4, 0.5) is 0 Å². The maximum atomic E-state index is 12.2. The number of aromatic nitrogens is 2. The zero-order chi connectivity index (χ0) is 15.3. The van der Waals surface area contributed by atoms with Crippen LogP contribution >= 0.6 is 0 Å². The van der Waals surface area contributed by atoms with E-state index in [1.165, 1.54) is 7.11 Å². The smallest absolute Gasteiger partial charge is 0.326 e. The number of esters is 1. The van der Waals surface area contributed by atoms with E-state index < -0.39 is 5.54 Å². The number of nitrogens with one attached hydrogen (secondary N) is 1. The highest BCUT2D eigenvalue weighted by atomic mass is 16.5. The third-order valence-corrected chi connectivity index (χ3v) is 4.27. The summed E-state index contributed by atoms with van der Waals surface area (Å²) in [5.74, 6) is 1.71. The molecular weight excluding hydrogens is 270 g/mol. The van der Waals surface area contributed by atoms with Gasteiger partial charge in [0.15, 0.2) is 5.82 Å². The van der Waals surface area contributed by atoms with Crippen molar-refractivity contribution in [3.63, 3.8) is 0 Å². The molecule has 1 aromatic heterocycles. The molecule has 1 aromatic rings. The minimum absolute atomic E-state index is 0.192. The van der Waals surface area contributed by atoms with E-state index in [0.717, 1.165) is 44.3 Å². The Hall–Kier alpha value is -1.43. The molecule has 21 heavy (non-hydrogen) atoms. The Balaban J connectivity index is 2.00. The summed E-state index contributed by atoms with van der Waals surface area (Å²) in [5.41, 5.74) is -0.610. The van der Waals surface area contributed by atoms with Gasteiger partial charge < -0.3 is 9.26 Å². The molecule has 1 fully saturated rings. The number of hydrogen-bond donors (Lipinski definition) is 1. The first-order chi connectivity index (χ1) is 10.1.